The second-order valence-corrected chi connectivity index (χ2v) is 9.25. The fraction of sp³-hybridized carbons (Fsp3) is 0.545. The number of esters is 1. The highest BCUT2D eigenvalue weighted by atomic mass is 16.6. The van der Waals surface area contributed by atoms with Crippen LogP contribution >= 0.6 is 0 Å². The topological polar surface area (TPSA) is 149 Å². The Labute approximate surface area is 188 Å². The van der Waals surface area contributed by atoms with E-state index < -0.39 is 53.6 Å². The third kappa shape index (κ3) is 10.8. The van der Waals surface area contributed by atoms with Crippen molar-refractivity contribution in [3.05, 3.63) is 35.9 Å². The van der Waals surface area contributed by atoms with Gasteiger partial charge in [-0.05, 0) is 47.1 Å². The molecule has 178 valence electrons. The monoisotopic (exact) mass is 450 g/mol. The maximum Gasteiger partial charge on any atom is 0.408 e. The van der Waals surface area contributed by atoms with Crippen LogP contribution in [-0.4, -0.2) is 47.2 Å². The molecular formula is C22H34N4O6. The summed E-state index contributed by atoms with van der Waals surface area (Å²) in [5.41, 5.74) is 1.17. The molecule has 10 heteroatoms. The second-order valence-electron chi connectivity index (χ2n) is 9.25. The molecule has 1 rings (SSSR count). The van der Waals surface area contributed by atoms with Gasteiger partial charge in [-0.25, -0.2) is 10.6 Å². The molecule has 0 aliphatic carbocycles. The molecule has 32 heavy (non-hydrogen) atoms. The van der Waals surface area contributed by atoms with Crippen molar-refractivity contribution in [2.75, 3.05) is 0 Å². The van der Waals surface area contributed by atoms with Gasteiger partial charge >= 0.3 is 12.1 Å². The van der Waals surface area contributed by atoms with E-state index in [1.54, 1.807) is 65.8 Å². The summed E-state index contributed by atoms with van der Waals surface area (Å²) in [7, 11) is 0. The van der Waals surface area contributed by atoms with Crippen LogP contribution in [0, 0.1) is 0 Å². The summed E-state index contributed by atoms with van der Waals surface area (Å²) < 4.78 is 10.5. The van der Waals surface area contributed by atoms with Crippen LogP contribution in [0.25, 0.3) is 0 Å². The summed E-state index contributed by atoms with van der Waals surface area (Å²) in [6.45, 7) is 10.1. The molecule has 2 unspecified atom stereocenters. The molecule has 0 saturated heterocycles. The number of nitrogens with two attached hydrogens (primary N) is 1. The largest absolute Gasteiger partial charge is 0.460 e. The number of rotatable bonds is 8. The Balaban J connectivity index is 3.01. The molecule has 3 amide bonds. The van der Waals surface area contributed by atoms with Gasteiger partial charge in [0.1, 0.15) is 23.3 Å². The molecule has 10 nitrogen and oxygen atoms in total. The first-order valence-electron chi connectivity index (χ1n) is 10.3. The summed E-state index contributed by atoms with van der Waals surface area (Å²) in [6.07, 6.45) is -1.09. The van der Waals surface area contributed by atoms with Gasteiger partial charge in [0.25, 0.3) is 5.91 Å². The Morgan fingerprint density at radius 3 is 1.91 bits per heavy atom. The van der Waals surface area contributed by atoms with Crippen LogP contribution in [0.4, 0.5) is 4.79 Å². The molecular weight excluding hydrogens is 416 g/mol. The van der Waals surface area contributed by atoms with Gasteiger partial charge in [-0.15, -0.1) is 0 Å². The van der Waals surface area contributed by atoms with Crippen LogP contribution in [0.5, 0.6) is 0 Å². The maximum absolute atomic E-state index is 13.0. The molecule has 0 aliphatic rings. The molecule has 1 aromatic rings. The third-order valence-electron chi connectivity index (χ3n) is 3.86. The Morgan fingerprint density at radius 1 is 0.844 bits per heavy atom. The highest BCUT2D eigenvalue weighted by Gasteiger charge is 2.31. The minimum absolute atomic E-state index is 0.134. The summed E-state index contributed by atoms with van der Waals surface area (Å²) in [5.74, 6) is 3.06. The van der Waals surface area contributed by atoms with Gasteiger partial charge in [0.2, 0.25) is 5.91 Å². The Kier molecular flexibility index (Phi) is 9.64. The summed E-state index contributed by atoms with van der Waals surface area (Å²) >= 11 is 0. The van der Waals surface area contributed by atoms with Gasteiger partial charge < -0.3 is 20.1 Å². The molecule has 0 saturated carbocycles. The van der Waals surface area contributed by atoms with Gasteiger partial charge in [0, 0.05) is 6.42 Å². The van der Waals surface area contributed by atoms with Crippen LogP contribution in [0.3, 0.4) is 0 Å². The predicted octanol–water partition coefficient (Wildman–Crippen LogP) is 1.33. The van der Waals surface area contributed by atoms with Crippen LogP contribution in [0.15, 0.2) is 30.3 Å². The number of carbonyl (C=O) groups is 4. The van der Waals surface area contributed by atoms with Crippen molar-refractivity contribution in [3.8, 4) is 0 Å². The lowest BCUT2D eigenvalue weighted by atomic mass is 10.0. The Bertz CT molecular complexity index is 799. The van der Waals surface area contributed by atoms with E-state index in [1.807, 2.05) is 11.5 Å². The number of hydrogen-bond acceptors (Lipinski definition) is 7. The molecule has 0 heterocycles. The molecule has 2 atom stereocenters. The van der Waals surface area contributed by atoms with E-state index >= 15 is 0 Å². The van der Waals surface area contributed by atoms with Gasteiger partial charge in [-0.1, -0.05) is 30.3 Å². The highest BCUT2D eigenvalue weighted by Crippen LogP contribution is 2.11. The fourth-order valence-electron chi connectivity index (χ4n) is 2.64. The molecule has 0 bridgehead atoms. The molecule has 1 aromatic carbocycles. The Morgan fingerprint density at radius 2 is 1.41 bits per heavy atom. The van der Waals surface area contributed by atoms with Crippen molar-refractivity contribution < 1.29 is 28.7 Å². The van der Waals surface area contributed by atoms with Crippen molar-refractivity contribution in [1.82, 2.24) is 16.1 Å². The van der Waals surface area contributed by atoms with E-state index in [0.29, 0.717) is 0 Å². The molecule has 0 fully saturated rings. The number of carbonyl (C=O) groups excluding carboxylic acids is 4. The maximum atomic E-state index is 13.0. The van der Waals surface area contributed by atoms with E-state index in [9.17, 15) is 19.2 Å². The zero-order valence-electron chi connectivity index (χ0n) is 19.5. The summed E-state index contributed by atoms with van der Waals surface area (Å²) in [5, 5.41) is 4.99. The lowest BCUT2D eigenvalue weighted by Crippen LogP contribution is -2.56. The third-order valence-corrected chi connectivity index (χ3v) is 3.86. The van der Waals surface area contributed by atoms with Crippen molar-refractivity contribution in [2.45, 2.75) is 77.7 Å². The van der Waals surface area contributed by atoms with Crippen LogP contribution in [0.2, 0.25) is 0 Å². The molecule has 0 spiro atoms. The average molecular weight is 451 g/mol. The van der Waals surface area contributed by atoms with E-state index in [1.165, 1.54) is 0 Å². The number of nitrogens with one attached hydrogen (secondary N) is 3. The number of alkyl carbamates (subject to hydrolysis) is 1. The van der Waals surface area contributed by atoms with E-state index in [4.69, 9.17) is 15.3 Å². The predicted molar refractivity (Wildman–Crippen MR) is 118 cm³/mol. The fourth-order valence-corrected chi connectivity index (χ4v) is 2.64. The molecule has 0 aromatic heterocycles. The standard InChI is InChI=1S/C22H34N4O6/c1-21(2,3)31-17(27)13-16(19(29)26-23)24-18(28)15(12-14-10-8-7-9-11-14)25-20(30)32-22(4,5)6/h7-11,15-16H,12-13,23H2,1-6H3,(H,24,28)(H,25,30)(H,26,29). The SMILES string of the molecule is CC(C)(C)OC(=O)CC(NC(=O)C(Cc1ccccc1)NC(=O)OC(C)(C)C)C(=O)NN. The summed E-state index contributed by atoms with van der Waals surface area (Å²) in [6, 6.07) is 6.64. The number of ether oxygens (including phenoxy) is 2. The smallest absolute Gasteiger partial charge is 0.408 e. The lowest BCUT2D eigenvalue weighted by Gasteiger charge is -2.25. The average Bonchev–Trinajstić information content (AvgIpc) is 2.64. The van der Waals surface area contributed by atoms with Crippen LogP contribution in [-0.2, 0) is 30.3 Å². The van der Waals surface area contributed by atoms with E-state index in [-0.39, 0.29) is 6.42 Å². The first kappa shape index (κ1) is 26.9. The van der Waals surface area contributed by atoms with Gasteiger partial charge in [0.15, 0.2) is 0 Å². The second kappa shape index (κ2) is 11.5. The van der Waals surface area contributed by atoms with Crippen molar-refractivity contribution >= 4 is 23.9 Å². The minimum atomic E-state index is -1.29. The number of amides is 3. The number of benzene rings is 1. The van der Waals surface area contributed by atoms with Crippen molar-refractivity contribution in [3.63, 3.8) is 0 Å². The van der Waals surface area contributed by atoms with E-state index in [2.05, 4.69) is 10.6 Å². The lowest BCUT2D eigenvalue weighted by molar-refractivity contribution is -0.156. The van der Waals surface area contributed by atoms with Gasteiger partial charge in [0.05, 0.1) is 6.42 Å². The number of hydrogen-bond donors (Lipinski definition) is 4. The van der Waals surface area contributed by atoms with Crippen molar-refractivity contribution in [1.29, 1.82) is 0 Å². The Hall–Kier alpha value is -3.14. The molecule has 0 aliphatic heterocycles. The van der Waals surface area contributed by atoms with Crippen LogP contribution in [0.1, 0.15) is 53.5 Å². The zero-order valence-corrected chi connectivity index (χ0v) is 19.5. The van der Waals surface area contributed by atoms with Gasteiger partial charge in [-0.3, -0.25) is 19.8 Å². The molecule has 0 radical (unpaired) electrons. The van der Waals surface area contributed by atoms with Gasteiger partial charge in [-0.2, -0.15) is 0 Å². The first-order chi connectivity index (χ1) is 14.7. The summed E-state index contributed by atoms with van der Waals surface area (Å²) in [4.78, 5) is 49.6. The van der Waals surface area contributed by atoms with Crippen molar-refractivity contribution in [2.24, 2.45) is 5.84 Å². The quantitative estimate of drug-likeness (QED) is 0.202. The highest BCUT2D eigenvalue weighted by molar-refractivity contribution is 5.93. The normalized spacial score (nSPS) is 13.3. The van der Waals surface area contributed by atoms with E-state index in [0.717, 1.165) is 5.56 Å². The van der Waals surface area contributed by atoms with Crippen LogP contribution < -0.4 is 21.9 Å². The minimum Gasteiger partial charge on any atom is -0.460 e. The number of hydrazine groups is 1. The first-order valence-corrected chi connectivity index (χ1v) is 10.3. The molecule has 5 N–H and O–H groups in total. The zero-order chi connectivity index (χ0) is 24.5.